The molecular formula is C10H15N3O2. The zero-order chi connectivity index (χ0) is 10.7. The second kappa shape index (κ2) is 4.44. The molecule has 1 saturated heterocycles. The van der Waals surface area contributed by atoms with Gasteiger partial charge < -0.3 is 14.7 Å². The Labute approximate surface area is 88.7 Å². The lowest BCUT2D eigenvalue weighted by atomic mass is 10.0. The molecule has 15 heavy (non-hydrogen) atoms. The predicted molar refractivity (Wildman–Crippen MR) is 56.0 cm³/mol. The lowest BCUT2D eigenvalue weighted by molar-refractivity contribution is 0.200. The molecule has 1 aromatic rings. The van der Waals surface area contributed by atoms with Crippen LogP contribution < -0.4 is 9.64 Å². The fourth-order valence-corrected chi connectivity index (χ4v) is 1.60. The van der Waals surface area contributed by atoms with Crippen LogP contribution in [0.15, 0.2) is 12.4 Å². The Morgan fingerprint density at radius 3 is 3.00 bits per heavy atom. The van der Waals surface area contributed by atoms with E-state index in [1.807, 2.05) is 13.0 Å². The number of aliphatic hydroxyl groups excluding tert-OH is 1. The third-order valence-electron chi connectivity index (χ3n) is 2.46. The average Bonchev–Trinajstić information content (AvgIpc) is 2.17. The van der Waals surface area contributed by atoms with Crippen molar-refractivity contribution in [2.24, 2.45) is 5.92 Å². The first-order chi connectivity index (χ1) is 7.33. The van der Waals surface area contributed by atoms with Gasteiger partial charge in [-0.05, 0) is 6.92 Å². The van der Waals surface area contributed by atoms with Gasteiger partial charge in [0, 0.05) is 31.7 Å². The smallest absolute Gasteiger partial charge is 0.218 e. The summed E-state index contributed by atoms with van der Waals surface area (Å²) in [7, 11) is 0. The van der Waals surface area contributed by atoms with Crippen LogP contribution in [0.1, 0.15) is 6.92 Å². The average molecular weight is 209 g/mol. The van der Waals surface area contributed by atoms with Gasteiger partial charge in [-0.1, -0.05) is 0 Å². The van der Waals surface area contributed by atoms with E-state index in [4.69, 9.17) is 9.84 Å². The van der Waals surface area contributed by atoms with Gasteiger partial charge in [0.05, 0.1) is 6.61 Å². The SMILES string of the molecule is CCOc1cc(N2CC(CO)C2)ncn1. The van der Waals surface area contributed by atoms with Crippen LogP contribution in [0.3, 0.4) is 0 Å². The first-order valence-electron chi connectivity index (χ1n) is 5.14. The van der Waals surface area contributed by atoms with E-state index in [0.29, 0.717) is 18.4 Å². The highest BCUT2D eigenvalue weighted by molar-refractivity contribution is 5.43. The zero-order valence-electron chi connectivity index (χ0n) is 8.76. The molecule has 0 amide bonds. The quantitative estimate of drug-likeness (QED) is 0.773. The molecule has 0 aliphatic carbocycles. The Kier molecular flexibility index (Phi) is 3.01. The zero-order valence-corrected chi connectivity index (χ0v) is 8.76. The van der Waals surface area contributed by atoms with E-state index in [1.165, 1.54) is 6.33 Å². The number of hydrogen-bond acceptors (Lipinski definition) is 5. The molecule has 2 heterocycles. The minimum atomic E-state index is 0.250. The first kappa shape index (κ1) is 10.2. The standard InChI is InChI=1S/C10H15N3O2/c1-2-15-10-3-9(11-7-12-10)13-4-8(5-13)6-14/h3,7-8,14H,2,4-6H2,1H3. The molecular weight excluding hydrogens is 194 g/mol. The van der Waals surface area contributed by atoms with Crippen LogP contribution >= 0.6 is 0 Å². The van der Waals surface area contributed by atoms with Crippen LogP contribution in [-0.2, 0) is 0 Å². The second-order valence-electron chi connectivity index (χ2n) is 3.60. The summed E-state index contributed by atoms with van der Waals surface area (Å²) < 4.78 is 5.29. The summed E-state index contributed by atoms with van der Waals surface area (Å²) in [5.41, 5.74) is 0. The Hall–Kier alpha value is -1.36. The van der Waals surface area contributed by atoms with Gasteiger partial charge in [-0.3, -0.25) is 0 Å². The summed E-state index contributed by atoms with van der Waals surface area (Å²) in [5.74, 6) is 1.86. The van der Waals surface area contributed by atoms with E-state index in [9.17, 15) is 0 Å². The fraction of sp³-hybridized carbons (Fsp3) is 0.600. The number of anilines is 1. The predicted octanol–water partition coefficient (Wildman–Crippen LogP) is 0.304. The van der Waals surface area contributed by atoms with Crippen LogP contribution in [-0.4, -0.2) is 41.4 Å². The summed E-state index contributed by atoms with van der Waals surface area (Å²) in [4.78, 5) is 10.3. The number of nitrogens with zero attached hydrogens (tertiary/aromatic N) is 3. The highest BCUT2D eigenvalue weighted by atomic mass is 16.5. The molecule has 5 heteroatoms. The topological polar surface area (TPSA) is 58.5 Å². The summed E-state index contributed by atoms with van der Waals surface area (Å²) >= 11 is 0. The van der Waals surface area contributed by atoms with E-state index < -0.39 is 0 Å². The molecule has 0 bridgehead atoms. The number of hydrogen-bond donors (Lipinski definition) is 1. The monoisotopic (exact) mass is 209 g/mol. The minimum Gasteiger partial charge on any atom is -0.478 e. The van der Waals surface area contributed by atoms with Crippen molar-refractivity contribution in [1.29, 1.82) is 0 Å². The molecule has 0 unspecified atom stereocenters. The molecule has 82 valence electrons. The summed E-state index contributed by atoms with van der Waals surface area (Å²) in [5, 5.41) is 8.91. The number of rotatable bonds is 4. The van der Waals surface area contributed by atoms with Gasteiger partial charge in [-0.2, -0.15) is 0 Å². The summed E-state index contributed by atoms with van der Waals surface area (Å²) in [6.45, 7) is 4.50. The molecule has 1 aliphatic heterocycles. The van der Waals surface area contributed by atoms with E-state index in [-0.39, 0.29) is 6.61 Å². The van der Waals surface area contributed by atoms with Crippen molar-refractivity contribution >= 4 is 5.82 Å². The van der Waals surface area contributed by atoms with Crippen LogP contribution in [0.25, 0.3) is 0 Å². The Morgan fingerprint density at radius 1 is 1.53 bits per heavy atom. The maximum atomic E-state index is 8.91. The fourth-order valence-electron chi connectivity index (χ4n) is 1.60. The molecule has 1 aromatic heterocycles. The Bertz CT molecular complexity index is 326. The molecule has 1 fully saturated rings. The van der Waals surface area contributed by atoms with Gasteiger partial charge in [0.25, 0.3) is 0 Å². The molecule has 0 aromatic carbocycles. The van der Waals surface area contributed by atoms with Crippen molar-refractivity contribution < 1.29 is 9.84 Å². The molecule has 1 N–H and O–H groups in total. The molecule has 0 radical (unpaired) electrons. The van der Waals surface area contributed by atoms with E-state index in [1.54, 1.807) is 0 Å². The van der Waals surface area contributed by atoms with Gasteiger partial charge in [-0.25, -0.2) is 9.97 Å². The lowest BCUT2D eigenvalue weighted by Crippen LogP contribution is -2.48. The van der Waals surface area contributed by atoms with Gasteiger partial charge in [0.2, 0.25) is 5.88 Å². The maximum absolute atomic E-state index is 8.91. The number of aliphatic hydroxyl groups is 1. The van der Waals surface area contributed by atoms with E-state index >= 15 is 0 Å². The molecule has 2 rings (SSSR count). The lowest BCUT2D eigenvalue weighted by Gasteiger charge is -2.39. The van der Waals surface area contributed by atoms with Crippen LogP contribution in [0, 0.1) is 5.92 Å². The van der Waals surface area contributed by atoms with Gasteiger partial charge in [0.1, 0.15) is 12.1 Å². The van der Waals surface area contributed by atoms with Crippen molar-refractivity contribution in [3.8, 4) is 5.88 Å². The molecule has 0 atom stereocenters. The van der Waals surface area contributed by atoms with Gasteiger partial charge in [-0.15, -0.1) is 0 Å². The summed E-state index contributed by atoms with van der Waals surface area (Å²) in [6, 6.07) is 1.83. The van der Waals surface area contributed by atoms with Crippen molar-refractivity contribution in [3.05, 3.63) is 12.4 Å². The normalized spacial score (nSPS) is 16.3. The van der Waals surface area contributed by atoms with Gasteiger partial charge in [0.15, 0.2) is 0 Å². The van der Waals surface area contributed by atoms with Crippen LogP contribution in [0.5, 0.6) is 5.88 Å². The minimum absolute atomic E-state index is 0.250. The van der Waals surface area contributed by atoms with E-state index in [0.717, 1.165) is 18.9 Å². The van der Waals surface area contributed by atoms with Gasteiger partial charge >= 0.3 is 0 Å². The third-order valence-corrected chi connectivity index (χ3v) is 2.46. The second-order valence-corrected chi connectivity index (χ2v) is 3.60. The third kappa shape index (κ3) is 2.18. The van der Waals surface area contributed by atoms with Crippen LogP contribution in [0.2, 0.25) is 0 Å². The largest absolute Gasteiger partial charge is 0.478 e. The molecule has 0 spiro atoms. The molecule has 5 nitrogen and oxygen atoms in total. The highest BCUT2D eigenvalue weighted by Gasteiger charge is 2.27. The summed E-state index contributed by atoms with van der Waals surface area (Å²) in [6.07, 6.45) is 1.51. The number of ether oxygens (including phenoxy) is 1. The van der Waals surface area contributed by atoms with Crippen molar-refractivity contribution in [3.63, 3.8) is 0 Å². The Morgan fingerprint density at radius 2 is 2.33 bits per heavy atom. The molecule has 1 aliphatic rings. The number of aromatic nitrogens is 2. The van der Waals surface area contributed by atoms with Crippen molar-refractivity contribution in [2.75, 3.05) is 31.2 Å². The maximum Gasteiger partial charge on any atom is 0.218 e. The molecule has 0 saturated carbocycles. The first-order valence-corrected chi connectivity index (χ1v) is 5.14. The van der Waals surface area contributed by atoms with Crippen LogP contribution in [0.4, 0.5) is 5.82 Å². The van der Waals surface area contributed by atoms with Crippen molar-refractivity contribution in [2.45, 2.75) is 6.92 Å². The van der Waals surface area contributed by atoms with Crippen molar-refractivity contribution in [1.82, 2.24) is 9.97 Å². The Balaban J connectivity index is 2.00. The highest BCUT2D eigenvalue weighted by Crippen LogP contribution is 2.23. The van der Waals surface area contributed by atoms with E-state index in [2.05, 4.69) is 14.9 Å².